The van der Waals surface area contributed by atoms with Crippen molar-refractivity contribution in [3.05, 3.63) is 71.8 Å². The van der Waals surface area contributed by atoms with Crippen LogP contribution in [0.2, 0.25) is 0 Å². The minimum atomic E-state index is -1.51. The maximum Gasteiger partial charge on any atom is 0.323 e. The van der Waals surface area contributed by atoms with Crippen LogP contribution in [0.1, 0.15) is 30.4 Å². The molecular weight excluding hydrogens is 330 g/mol. The summed E-state index contributed by atoms with van der Waals surface area (Å²) in [5, 5.41) is 2.87. The molecule has 1 aliphatic carbocycles. The Morgan fingerprint density at radius 2 is 1.69 bits per heavy atom. The molecule has 1 saturated carbocycles. The Kier molecular flexibility index (Phi) is 3.68. The summed E-state index contributed by atoms with van der Waals surface area (Å²) in [6.07, 6.45) is 0.252. The smallest absolute Gasteiger partial charge is 0.323 e. The average Bonchev–Trinajstić information content (AvgIpc) is 2.83. The van der Waals surface area contributed by atoms with Crippen LogP contribution in [0, 0.1) is 5.41 Å². The van der Waals surface area contributed by atoms with E-state index in [9.17, 15) is 14.4 Å². The Morgan fingerprint density at radius 1 is 1.08 bits per heavy atom. The van der Waals surface area contributed by atoms with Crippen molar-refractivity contribution in [1.29, 1.82) is 0 Å². The van der Waals surface area contributed by atoms with Gasteiger partial charge in [0, 0.05) is 5.92 Å². The summed E-state index contributed by atoms with van der Waals surface area (Å²) in [7, 11) is 0. The van der Waals surface area contributed by atoms with Gasteiger partial charge < -0.3 is 10.1 Å². The first-order valence-electron chi connectivity index (χ1n) is 8.72. The normalized spacial score (nSPS) is 29.5. The van der Waals surface area contributed by atoms with E-state index in [-0.39, 0.29) is 18.9 Å². The molecule has 3 atom stereocenters. The summed E-state index contributed by atoms with van der Waals surface area (Å²) in [4.78, 5) is 38.2. The summed E-state index contributed by atoms with van der Waals surface area (Å²) in [6, 6.07) is 18.9. The summed E-state index contributed by atoms with van der Waals surface area (Å²) in [5.41, 5.74) is -0.906. The Balaban J connectivity index is 1.94. The number of carbonyl (C=O) groups is 3. The van der Waals surface area contributed by atoms with Crippen LogP contribution in [0.25, 0.3) is 0 Å². The molecule has 1 heterocycles. The maximum atomic E-state index is 12.9. The molecule has 0 radical (unpaired) electrons. The Morgan fingerprint density at radius 3 is 2.31 bits per heavy atom. The van der Waals surface area contributed by atoms with E-state index >= 15 is 0 Å². The SMILES string of the molecule is CCOC(=O)[C@]12CC(c3ccccc3)[C@@]1(c1ccccc1)NC(=O)C2=O. The molecule has 132 valence electrons. The highest BCUT2D eigenvalue weighted by Gasteiger charge is 2.80. The molecule has 0 spiro atoms. The van der Waals surface area contributed by atoms with Crippen LogP contribution < -0.4 is 5.32 Å². The van der Waals surface area contributed by atoms with E-state index in [0.29, 0.717) is 0 Å². The third-order valence-electron chi connectivity index (χ3n) is 5.67. The van der Waals surface area contributed by atoms with E-state index in [4.69, 9.17) is 4.74 Å². The van der Waals surface area contributed by atoms with Crippen LogP contribution in [-0.2, 0) is 24.7 Å². The molecule has 1 saturated heterocycles. The fraction of sp³-hybridized carbons (Fsp3) is 0.286. The van der Waals surface area contributed by atoms with Crippen molar-refractivity contribution in [1.82, 2.24) is 5.32 Å². The molecule has 0 bridgehead atoms. The second-order valence-electron chi connectivity index (χ2n) is 6.75. The topological polar surface area (TPSA) is 72.5 Å². The number of hydrogen-bond acceptors (Lipinski definition) is 4. The van der Waals surface area contributed by atoms with Gasteiger partial charge in [-0.2, -0.15) is 0 Å². The third-order valence-corrected chi connectivity index (χ3v) is 5.67. The van der Waals surface area contributed by atoms with Gasteiger partial charge in [0.15, 0.2) is 5.41 Å². The molecule has 1 N–H and O–H groups in total. The van der Waals surface area contributed by atoms with Gasteiger partial charge in [-0.25, -0.2) is 0 Å². The van der Waals surface area contributed by atoms with E-state index in [2.05, 4.69) is 5.32 Å². The molecule has 1 amide bonds. The van der Waals surface area contributed by atoms with E-state index in [1.54, 1.807) is 6.92 Å². The quantitative estimate of drug-likeness (QED) is 0.522. The number of carbonyl (C=O) groups excluding carboxylic acids is 3. The first-order chi connectivity index (χ1) is 12.6. The van der Waals surface area contributed by atoms with Crippen molar-refractivity contribution < 1.29 is 19.1 Å². The van der Waals surface area contributed by atoms with Gasteiger partial charge in [-0.3, -0.25) is 14.4 Å². The fourth-order valence-corrected chi connectivity index (χ4v) is 4.55. The molecule has 1 aliphatic heterocycles. The van der Waals surface area contributed by atoms with Crippen LogP contribution in [0.15, 0.2) is 60.7 Å². The molecule has 26 heavy (non-hydrogen) atoms. The number of ketones is 1. The van der Waals surface area contributed by atoms with Gasteiger partial charge >= 0.3 is 5.97 Å². The Hall–Kier alpha value is -2.95. The summed E-state index contributed by atoms with van der Waals surface area (Å²) in [5.74, 6) is -2.24. The van der Waals surface area contributed by atoms with Gasteiger partial charge in [-0.15, -0.1) is 0 Å². The number of hydrogen-bond donors (Lipinski definition) is 1. The predicted molar refractivity (Wildman–Crippen MR) is 94.1 cm³/mol. The Labute approximate surface area is 151 Å². The molecule has 1 unspecified atom stereocenters. The van der Waals surface area contributed by atoms with Crippen molar-refractivity contribution >= 4 is 17.7 Å². The highest BCUT2D eigenvalue weighted by molar-refractivity contribution is 6.45. The number of ether oxygens (including phenoxy) is 1. The van der Waals surface area contributed by atoms with E-state index in [1.165, 1.54) is 0 Å². The zero-order valence-electron chi connectivity index (χ0n) is 14.4. The van der Waals surface area contributed by atoms with Gasteiger partial charge in [0.05, 0.1) is 12.1 Å². The predicted octanol–water partition coefficient (Wildman–Crippen LogP) is 2.32. The van der Waals surface area contributed by atoms with Gasteiger partial charge in [0.1, 0.15) is 0 Å². The number of rotatable bonds is 4. The summed E-state index contributed by atoms with van der Waals surface area (Å²) >= 11 is 0. The number of Topliss-reactive ketones (excluding diaryl/α,β-unsaturated/α-hetero) is 1. The molecule has 2 fully saturated rings. The lowest BCUT2D eigenvalue weighted by Gasteiger charge is -2.57. The molecule has 2 aromatic carbocycles. The maximum absolute atomic E-state index is 12.9. The molecular formula is C21H19NO4. The van der Waals surface area contributed by atoms with Crippen molar-refractivity contribution in [3.8, 4) is 0 Å². The number of esters is 1. The molecule has 5 nitrogen and oxygen atoms in total. The van der Waals surface area contributed by atoms with Gasteiger partial charge in [0.2, 0.25) is 5.78 Å². The zero-order chi connectivity index (χ0) is 18.4. The van der Waals surface area contributed by atoms with Crippen molar-refractivity contribution in [2.45, 2.75) is 24.8 Å². The fourth-order valence-electron chi connectivity index (χ4n) is 4.55. The largest absolute Gasteiger partial charge is 0.465 e. The number of amides is 1. The Bertz CT molecular complexity index is 879. The summed E-state index contributed by atoms with van der Waals surface area (Å²) < 4.78 is 5.25. The molecule has 2 aromatic rings. The second kappa shape index (κ2) is 5.80. The molecule has 4 rings (SSSR count). The first kappa shape index (κ1) is 16.5. The highest BCUT2D eigenvalue weighted by Crippen LogP contribution is 2.67. The highest BCUT2D eigenvalue weighted by atomic mass is 16.5. The lowest BCUT2D eigenvalue weighted by molar-refractivity contribution is -0.175. The average molecular weight is 349 g/mol. The minimum absolute atomic E-state index is 0.156. The number of nitrogens with one attached hydrogen (secondary N) is 1. The third kappa shape index (κ3) is 1.88. The number of benzene rings is 2. The first-order valence-corrected chi connectivity index (χ1v) is 8.72. The van der Waals surface area contributed by atoms with Crippen LogP contribution in [0.4, 0.5) is 0 Å². The zero-order valence-corrected chi connectivity index (χ0v) is 14.4. The molecule has 2 aliphatic rings. The van der Waals surface area contributed by atoms with E-state index in [0.717, 1.165) is 11.1 Å². The molecule has 5 heteroatoms. The standard InChI is InChI=1S/C21H19NO4/c1-2-26-19(25)20-13-16(14-9-5-3-6-10-14)21(20,22-18(24)17(20)23)15-11-7-4-8-12-15/h3-12,16H,2,13H2,1H3,(H,22,24)/t16?,20-,21-/m1/s1. The number of fused-ring (bicyclic) bond motifs is 1. The lowest BCUT2D eigenvalue weighted by Crippen LogP contribution is -2.67. The van der Waals surface area contributed by atoms with Crippen molar-refractivity contribution in [2.24, 2.45) is 5.41 Å². The van der Waals surface area contributed by atoms with E-state index in [1.807, 2.05) is 60.7 Å². The van der Waals surface area contributed by atoms with Gasteiger partial charge in [0.25, 0.3) is 5.91 Å². The van der Waals surface area contributed by atoms with Crippen LogP contribution in [0.3, 0.4) is 0 Å². The molecule has 0 aromatic heterocycles. The van der Waals surface area contributed by atoms with Crippen LogP contribution in [-0.4, -0.2) is 24.3 Å². The van der Waals surface area contributed by atoms with Gasteiger partial charge in [-0.05, 0) is 24.5 Å². The second-order valence-corrected chi connectivity index (χ2v) is 6.75. The monoisotopic (exact) mass is 349 g/mol. The minimum Gasteiger partial charge on any atom is -0.465 e. The van der Waals surface area contributed by atoms with Crippen molar-refractivity contribution in [2.75, 3.05) is 6.61 Å². The van der Waals surface area contributed by atoms with Gasteiger partial charge in [-0.1, -0.05) is 60.7 Å². The summed E-state index contributed by atoms with van der Waals surface area (Å²) in [6.45, 7) is 1.85. The van der Waals surface area contributed by atoms with Crippen LogP contribution >= 0.6 is 0 Å². The van der Waals surface area contributed by atoms with E-state index < -0.39 is 28.6 Å². The van der Waals surface area contributed by atoms with Crippen molar-refractivity contribution in [3.63, 3.8) is 0 Å². The lowest BCUT2D eigenvalue weighted by atomic mass is 9.45. The van der Waals surface area contributed by atoms with Crippen LogP contribution in [0.5, 0.6) is 0 Å².